The minimum absolute atomic E-state index is 0.114. The topological polar surface area (TPSA) is 26.3 Å². The first-order chi connectivity index (χ1) is 7.41. The Hall–Kier alpha value is -1.09. The lowest BCUT2D eigenvalue weighted by molar-refractivity contribution is 0.0856. The Morgan fingerprint density at radius 3 is 2.69 bits per heavy atom. The number of ketones is 1. The first-order valence-corrected chi connectivity index (χ1v) is 5.69. The number of carbonyl (C=O) groups is 1. The zero-order valence-corrected chi connectivity index (χ0v) is 10.3. The third-order valence-corrected chi connectivity index (χ3v) is 3.05. The van der Waals surface area contributed by atoms with E-state index in [1.54, 1.807) is 0 Å². The number of benzene rings is 1. The van der Waals surface area contributed by atoms with Crippen molar-refractivity contribution in [2.45, 2.75) is 34.2 Å². The fourth-order valence-corrected chi connectivity index (χ4v) is 2.06. The highest BCUT2D eigenvalue weighted by atomic mass is 16.4. The summed E-state index contributed by atoms with van der Waals surface area (Å²) in [6.45, 7) is 8.56. The van der Waals surface area contributed by atoms with Crippen LogP contribution >= 0.6 is 0 Å². The predicted octanol–water partition coefficient (Wildman–Crippen LogP) is 2.27. The Morgan fingerprint density at radius 1 is 1.38 bits per heavy atom. The second-order valence-electron chi connectivity index (χ2n) is 5.41. The van der Waals surface area contributed by atoms with E-state index in [1.165, 1.54) is 0 Å². The van der Waals surface area contributed by atoms with Crippen LogP contribution in [0, 0.1) is 5.41 Å². The monoisotopic (exact) mass is 216 g/mol. The van der Waals surface area contributed by atoms with E-state index >= 15 is 0 Å². The molecule has 0 amide bonds. The smallest absolute Gasteiger partial charge is 0.324 e. The summed E-state index contributed by atoms with van der Waals surface area (Å²) in [7, 11) is 0. The quantitative estimate of drug-likeness (QED) is 0.531. The molecule has 16 heavy (non-hydrogen) atoms. The van der Waals surface area contributed by atoms with Crippen LogP contribution in [-0.2, 0) is 11.3 Å². The first kappa shape index (κ1) is 11.4. The Bertz CT molecular complexity index is 432. The van der Waals surface area contributed by atoms with Crippen molar-refractivity contribution in [2.24, 2.45) is 5.41 Å². The molecule has 1 aromatic rings. The lowest BCUT2D eigenvalue weighted by atomic mass is 9.63. The molecule has 3 heteroatoms. The van der Waals surface area contributed by atoms with Crippen molar-refractivity contribution in [1.29, 1.82) is 0 Å². The van der Waals surface area contributed by atoms with Gasteiger partial charge in [0, 0.05) is 11.0 Å². The van der Waals surface area contributed by atoms with Crippen LogP contribution in [0.25, 0.3) is 0 Å². The standard InChI is InChI=1S/C13H17BO2/c1-13(2,3)12(15)9-6-5-7-11-10(9)8-16-14(11)4/h5-7H,8H2,1-4H3. The molecule has 0 bridgehead atoms. The van der Waals surface area contributed by atoms with E-state index in [9.17, 15) is 4.79 Å². The van der Waals surface area contributed by atoms with E-state index < -0.39 is 0 Å². The molecule has 0 radical (unpaired) electrons. The summed E-state index contributed by atoms with van der Waals surface area (Å²) < 4.78 is 5.57. The molecule has 0 unspecified atom stereocenters. The number of Topliss-reactive ketones (excluding diaryl/α,β-unsaturated/α-hetero) is 1. The largest absolute Gasteiger partial charge is 0.427 e. The van der Waals surface area contributed by atoms with E-state index in [2.05, 4.69) is 0 Å². The van der Waals surface area contributed by atoms with Crippen LogP contribution < -0.4 is 5.46 Å². The minimum atomic E-state index is -0.332. The molecule has 0 N–H and O–H groups in total. The van der Waals surface area contributed by atoms with Gasteiger partial charge in [-0.25, -0.2) is 0 Å². The van der Waals surface area contributed by atoms with Crippen LogP contribution in [0.2, 0.25) is 6.82 Å². The summed E-state index contributed by atoms with van der Waals surface area (Å²) in [5.41, 5.74) is 2.74. The Balaban J connectivity index is 2.48. The van der Waals surface area contributed by atoms with Crippen molar-refractivity contribution >= 4 is 18.2 Å². The minimum Gasteiger partial charge on any atom is -0.427 e. The Kier molecular flexibility index (Phi) is 2.66. The van der Waals surface area contributed by atoms with Crippen molar-refractivity contribution in [3.05, 3.63) is 29.3 Å². The van der Waals surface area contributed by atoms with Gasteiger partial charge in [0.2, 0.25) is 0 Å². The molecule has 0 fully saturated rings. The van der Waals surface area contributed by atoms with Crippen LogP contribution in [0.3, 0.4) is 0 Å². The molecule has 0 atom stereocenters. The molecular formula is C13H17BO2. The molecule has 0 spiro atoms. The summed E-state index contributed by atoms with van der Waals surface area (Å²) >= 11 is 0. The van der Waals surface area contributed by atoms with E-state index in [0.717, 1.165) is 16.6 Å². The molecule has 1 aliphatic heterocycles. The second-order valence-corrected chi connectivity index (χ2v) is 5.41. The lowest BCUT2D eigenvalue weighted by Gasteiger charge is -2.18. The maximum absolute atomic E-state index is 12.3. The maximum Gasteiger partial charge on any atom is 0.324 e. The van der Waals surface area contributed by atoms with Crippen molar-refractivity contribution in [2.75, 3.05) is 0 Å². The average Bonchev–Trinajstić information content (AvgIpc) is 2.58. The van der Waals surface area contributed by atoms with Gasteiger partial charge in [0.1, 0.15) is 0 Å². The molecule has 1 aliphatic rings. The Morgan fingerprint density at radius 2 is 2.06 bits per heavy atom. The van der Waals surface area contributed by atoms with E-state index in [4.69, 9.17) is 4.65 Å². The zero-order chi connectivity index (χ0) is 11.9. The highest BCUT2D eigenvalue weighted by Gasteiger charge is 2.31. The van der Waals surface area contributed by atoms with Gasteiger partial charge in [0.05, 0.1) is 6.61 Å². The van der Waals surface area contributed by atoms with Crippen molar-refractivity contribution < 1.29 is 9.45 Å². The van der Waals surface area contributed by atoms with Crippen LogP contribution in [0.15, 0.2) is 18.2 Å². The van der Waals surface area contributed by atoms with Gasteiger partial charge < -0.3 is 4.65 Å². The molecule has 2 rings (SSSR count). The average molecular weight is 216 g/mol. The first-order valence-electron chi connectivity index (χ1n) is 5.69. The van der Waals surface area contributed by atoms with Gasteiger partial charge in [-0.1, -0.05) is 45.8 Å². The number of hydrogen-bond acceptors (Lipinski definition) is 2. The van der Waals surface area contributed by atoms with Gasteiger partial charge in [0.25, 0.3) is 0 Å². The molecule has 84 valence electrons. The summed E-state index contributed by atoms with van der Waals surface area (Å²) in [6, 6.07) is 5.91. The fraction of sp³-hybridized carbons (Fsp3) is 0.462. The molecule has 0 aliphatic carbocycles. The molecule has 1 heterocycles. The molecule has 2 nitrogen and oxygen atoms in total. The Labute approximate surface area is 97.1 Å². The maximum atomic E-state index is 12.3. The zero-order valence-electron chi connectivity index (χ0n) is 10.3. The lowest BCUT2D eigenvalue weighted by Crippen LogP contribution is -2.27. The summed E-state index contributed by atoms with van der Waals surface area (Å²) in [4.78, 5) is 12.3. The SMILES string of the molecule is CB1OCc2c1cccc2C(=O)C(C)(C)C. The van der Waals surface area contributed by atoms with Gasteiger partial charge in [-0.2, -0.15) is 0 Å². The van der Waals surface area contributed by atoms with Crippen molar-refractivity contribution in [1.82, 2.24) is 0 Å². The van der Waals surface area contributed by atoms with E-state index in [0.29, 0.717) is 6.61 Å². The molecular weight excluding hydrogens is 199 g/mol. The van der Waals surface area contributed by atoms with Crippen molar-refractivity contribution in [3.63, 3.8) is 0 Å². The predicted molar refractivity (Wildman–Crippen MR) is 66.3 cm³/mol. The third-order valence-electron chi connectivity index (χ3n) is 3.05. The normalized spacial score (nSPS) is 15.1. The van der Waals surface area contributed by atoms with Crippen LogP contribution in [0.4, 0.5) is 0 Å². The summed E-state index contributed by atoms with van der Waals surface area (Å²) in [5, 5.41) is 0. The molecule has 0 saturated carbocycles. The van der Waals surface area contributed by atoms with Gasteiger partial charge in [-0.15, -0.1) is 0 Å². The van der Waals surface area contributed by atoms with Gasteiger partial charge >= 0.3 is 6.92 Å². The highest BCUT2D eigenvalue weighted by molar-refractivity contribution is 6.67. The summed E-state index contributed by atoms with van der Waals surface area (Å²) in [5.74, 6) is 0.196. The van der Waals surface area contributed by atoms with Crippen LogP contribution in [-0.4, -0.2) is 12.7 Å². The van der Waals surface area contributed by atoms with E-state index in [1.807, 2.05) is 45.8 Å². The number of rotatable bonds is 1. The number of fused-ring (bicyclic) bond motifs is 1. The number of carbonyl (C=O) groups excluding carboxylic acids is 1. The second kappa shape index (κ2) is 3.74. The highest BCUT2D eigenvalue weighted by Crippen LogP contribution is 2.25. The van der Waals surface area contributed by atoms with Gasteiger partial charge in [-0.05, 0) is 11.0 Å². The third kappa shape index (κ3) is 1.80. The molecule has 1 aromatic carbocycles. The summed E-state index contributed by atoms with van der Waals surface area (Å²) in [6.07, 6.45) is 0. The van der Waals surface area contributed by atoms with Gasteiger partial charge in [0.15, 0.2) is 5.78 Å². The van der Waals surface area contributed by atoms with E-state index in [-0.39, 0.29) is 18.1 Å². The van der Waals surface area contributed by atoms with Crippen molar-refractivity contribution in [3.8, 4) is 0 Å². The number of hydrogen-bond donors (Lipinski definition) is 0. The van der Waals surface area contributed by atoms with Gasteiger partial charge in [-0.3, -0.25) is 4.79 Å². The van der Waals surface area contributed by atoms with Crippen LogP contribution in [0.5, 0.6) is 0 Å². The molecule has 0 saturated heterocycles. The fourth-order valence-electron chi connectivity index (χ4n) is 2.06. The molecule has 0 aromatic heterocycles. The van der Waals surface area contributed by atoms with Crippen LogP contribution in [0.1, 0.15) is 36.7 Å².